The fourth-order valence-electron chi connectivity index (χ4n) is 2.27. The molecule has 0 spiro atoms. The second-order valence-corrected chi connectivity index (χ2v) is 4.69. The van der Waals surface area contributed by atoms with Gasteiger partial charge in [0, 0.05) is 23.3 Å². The SMILES string of the molecule is NNC1=Nc2ccc([N+](=O)[O-])cc2C(c2ccccc2)=NC1. The molecule has 0 unspecified atom stereocenters. The van der Waals surface area contributed by atoms with Gasteiger partial charge in [0.1, 0.15) is 5.84 Å². The maximum atomic E-state index is 11.0. The van der Waals surface area contributed by atoms with Gasteiger partial charge in [0.05, 0.1) is 22.9 Å². The predicted molar refractivity (Wildman–Crippen MR) is 84.5 cm³/mol. The van der Waals surface area contributed by atoms with Gasteiger partial charge in [0.15, 0.2) is 0 Å². The lowest BCUT2D eigenvalue weighted by Gasteiger charge is -2.08. The third-order valence-electron chi connectivity index (χ3n) is 3.30. The Morgan fingerprint density at radius 1 is 1.18 bits per heavy atom. The molecule has 0 aromatic heterocycles. The summed E-state index contributed by atoms with van der Waals surface area (Å²) in [5.41, 5.74) is 5.25. The Bertz CT molecular complexity index is 784. The molecule has 0 fully saturated rings. The number of hydrazine groups is 1. The Morgan fingerprint density at radius 3 is 2.64 bits per heavy atom. The van der Waals surface area contributed by atoms with Crippen molar-refractivity contribution in [3.8, 4) is 0 Å². The van der Waals surface area contributed by atoms with Crippen LogP contribution >= 0.6 is 0 Å². The topological polar surface area (TPSA) is 106 Å². The number of nitrogens with one attached hydrogen (secondary N) is 1. The Morgan fingerprint density at radius 2 is 1.95 bits per heavy atom. The molecule has 0 atom stereocenters. The van der Waals surface area contributed by atoms with Crippen LogP contribution in [0.2, 0.25) is 0 Å². The molecule has 0 saturated carbocycles. The molecule has 1 heterocycles. The summed E-state index contributed by atoms with van der Waals surface area (Å²) in [5.74, 6) is 5.93. The van der Waals surface area contributed by atoms with Crippen molar-refractivity contribution in [2.24, 2.45) is 15.8 Å². The number of nitrogens with zero attached hydrogens (tertiary/aromatic N) is 3. The highest BCUT2D eigenvalue weighted by Crippen LogP contribution is 2.29. The quantitative estimate of drug-likeness (QED) is 0.501. The summed E-state index contributed by atoms with van der Waals surface area (Å²) < 4.78 is 0. The van der Waals surface area contributed by atoms with E-state index in [1.54, 1.807) is 6.07 Å². The van der Waals surface area contributed by atoms with E-state index in [9.17, 15) is 10.1 Å². The number of hydrogen-bond acceptors (Lipinski definition) is 6. The number of fused-ring (bicyclic) bond motifs is 1. The van der Waals surface area contributed by atoms with Crippen molar-refractivity contribution in [2.75, 3.05) is 6.54 Å². The third-order valence-corrected chi connectivity index (χ3v) is 3.30. The lowest BCUT2D eigenvalue weighted by molar-refractivity contribution is -0.384. The predicted octanol–water partition coefficient (Wildman–Crippen LogP) is 1.94. The van der Waals surface area contributed by atoms with Crippen LogP contribution in [0.3, 0.4) is 0 Å². The van der Waals surface area contributed by atoms with E-state index in [1.165, 1.54) is 12.1 Å². The van der Waals surface area contributed by atoms with E-state index in [2.05, 4.69) is 15.4 Å². The minimum atomic E-state index is -0.431. The Kier molecular flexibility index (Phi) is 3.63. The summed E-state index contributed by atoms with van der Waals surface area (Å²) in [6, 6.07) is 14.0. The summed E-state index contributed by atoms with van der Waals surface area (Å²) in [6.07, 6.45) is 0. The summed E-state index contributed by atoms with van der Waals surface area (Å²) in [6.45, 7) is 0.281. The molecule has 3 rings (SSSR count). The third kappa shape index (κ3) is 2.57. The normalized spacial score (nSPS) is 13.5. The van der Waals surface area contributed by atoms with E-state index in [-0.39, 0.29) is 12.2 Å². The van der Waals surface area contributed by atoms with Gasteiger partial charge >= 0.3 is 0 Å². The zero-order valence-electron chi connectivity index (χ0n) is 11.6. The smallest absolute Gasteiger partial charge is 0.270 e. The molecule has 0 amide bonds. The summed E-state index contributed by atoms with van der Waals surface area (Å²) in [7, 11) is 0. The van der Waals surface area contributed by atoms with Gasteiger partial charge in [-0.15, -0.1) is 0 Å². The zero-order valence-corrected chi connectivity index (χ0v) is 11.6. The first kappa shape index (κ1) is 13.9. The molecular weight excluding hydrogens is 282 g/mol. The highest BCUT2D eigenvalue weighted by molar-refractivity contribution is 6.17. The van der Waals surface area contributed by atoms with Crippen molar-refractivity contribution in [3.05, 3.63) is 69.8 Å². The molecule has 1 aliphatic rings. The Balaban J connectivity index is 2.20. The van der Waals surface area contributed by atoms with Crippen LogP contribution in [-0.2, 0) is 0 Å². The van der Waals surface area contributed by atoms with Crippen molar-refractivity contribution in [1.29, 1.82) is 0 Å². The first-order valence-electron chi connectivity index (χ1n) is 6.62. The maximum absolute atomic E-state index is 11.0. The van der Waals surface area contributed by atoms with Crippen molar-refractivity contribution in [1.82, 2.24) is 5.43 Å². The zero-order chi connectivity index (χ0) is 15.5. The fraction of sp³-hybridized carbons (Fsp3) is 0.0667. The highest BCUT2D eigenvalue weighted by Gasteiger charge is 2.19. The number of aliphatic imine (C=N–C) groups is 2. The van der Waals surface area contributed by atoms with Gasteiger partial charge in [-0.1, -0.05) is 30.3 Å². The summed E-state index contributed by atoms with van der Waals surface area (Å²) >= 11 is 0. The van der Waals surface area contributed by atoms with Gasteiger partial charge in [-0.05, 0) is 6.07 Å². The molecule has 22 heavy (non-hydrogen) atoms. The van der Waals surface area contributed by atoms with E-state index < -0.39 is 4.92 Å². The second-order valence-electron chi connectivity index (χ2n) is 4.69. The molecular formula is C15H13N5O2. The van der Waals surface area contributed by atoms with Crippen LogP contribution in [0.4, 0.5) is 11.4 Å². The number of nitro benzene ring substituents is 1. The average molecular weight is 295 g/mol. The van der Waals surface area contributed by atoms with E-state index in [0.717, 1.165) is 5.56 Å². The molecule has 7 nitrogen and oxygen atoms in total. The van der Waals surface area contributed by atoms with Gasteiger partial charge in [-0.25, -0.2) is 10.8 Å². The summed E-state index contributed by atoms with van der Waals surface area (Å²) in [5, 5.41) is 11.0. The van der Waals surface area contributed by atoms with Gasteiger partial charge in [-0.2, -0.15) is 0 Å². The van der Waals surface area contributed by atoms with Crippen LogP contribution in [0.25, 0.3) is 0 Å². The van der Waals surface area contributed by atoms with Crippen molar-refractivity contribution in [3.63, 3.8) is 0 Å². The van der Waals surface area contributed by atoms with Gasteiger partial charge in [0.25, 0.3) is 5.69 Å². The van der Waals surface area contributed by atoms with Crippen LogP contribution in [-0.4, -0.2) is 23.0 Å². The molecule has 2 aromatic rings. The number of nitro groups is 1. The minimum absolute atomic E-state index is 0.00161. The Hall–Kier alpha value is -3.06. The van der Waals surface area contributed by atoms with E-state index >= 15 is 0 Å². The van der Waals surface area contributed by atoms with Crippen LogP contribution in [0.5, 0.6) is 0 Å². The molecule has 0 radical (unpaired) electrons. The molecule has 110 valence electrons. The first-order valence-corrected chi connectivity index (χ1v) is 6.62. The van der Waals surface area contributed by atoms with E-state index in [4.69, 9.17) is 5.84 Å². The number of rotatable bonds is 2. The van der Waals surface area contributed by atoms with Crippen LogP contribution < -0.4 is 11.3 Å². The molecule has 0 bridgehead atoms. The van der Waals surface area contributed by atoms with Gasteiger partial charge in [0.2, 0.25) is 0 Å². The van der Waals surface area contributed by atoms with Crippen LogP contribution in [0.1, 0.15) is 11.1 Å². The number of amidine groups is 1. The lowest BCUT2D eigenvalue weighted by Crippen LogP contribution is -2.32. The van der Waals surface area contributed by atoms with Gasteiger partial charge < -0.3 is 5.43 Å². The number of benzene rings is 2. The van der Waals surface area contributed by atoms with Crippen molar-refractivity contribution >= 4 is 22.9 Å². The molecule has 0 saturated heterocycles. The van der Waals surface area contributed by atoms with E-state index in [1.807, 2.05) is 30.3 Å². The average Bonchev–Trinajstić information content (AvgIpc) is 2.74. The van der Waals surface area contributed by atoms with Crippen LogP contribution in [0.15, 0.2) is 58.5 Å². The van der Waals surface area contributed by atoms with Crippen LogP contribution in [0, 0.1) is 10.1 Å². The standard InChI is InChI=1S/C15H13N5O2/c16-19-14-9-17-15(10-4-2-1-3-5-10)12-8-11(20(21)22)6-7-13(12)18-14/h1-8H,9,16H2,(H,18,19). The number of nitrogens with two attached hydrogens (primary N) is 1. The van der Waals surface area contributed by atoms with E-state index in [0.29, 0.717) is 22.8 Å². The highest BCUT2D eigenvalue weighted by atomic mass is 16.6. The lowest BCUT2D eigenvalue weighted by atomic mass is 10.00. The van der Waals surface area contributed by atoms with Crippen molar-refractivity contribution in [2.45, 2.75) is 0 Å². The molecule has 3 N–H and O–H groups in total. The Labute approximate surface area is 126 Å². The first-order chi connectivity index (χ1) is 10.7. The molecule has 1 aliphatic heterocycles. The summed E-state index contributed by atoms with van der Waals surface area (Å²) in [4.78, 5) is 19.5. The maximum Gasteiger partial charge on any atom is 0.270 e. The number of non-ortho nitro benzene ring substituents is 1. The molecule has 2 aromatic carbocycles. The second kappa shape index (κ2) is 5.74. The van der Waals surface area contributed by atoms with Crippen molar-refractivity contribution < 1.29 is 4.92 Å². The monoisotopic (exact) mass is 295 g/mol. The molecule has 0 aliphatic carbocycles. The fourth-order valence-corrected chi connectivity index (χ4v) is 2.27. The largest absolute Gasteiger partial charge is 0.310 e. The number of hydrogen-bond donors (Lipinski definition) is 2. The van der Waals surface area contributed by atoms with Gasteiger partial charge in [-0.3, -0.25) is 15.1 Å². The molecule has 7 heteroatoms. The minimum Gasteiger partial charge on any atom is -0.310 e.